The van der Waals surface area contributed by atoms with E-state index in [0.29, 0.717) is 11.3 Å². The minimum absolute atomic E-state index is 0.0370. The summed E-state index contributed by atoms with van der Waals surface area (Å²) >= 11 is 0. The highest BCUT2D eigenvalue weighted by molar-refractivity contribution is 7.90. The van der Waals surface area contributed by atoms with Crippen LogP contribution in [0.15, 0.2) is 47.4 Å². The van der Waals surface area contributed by atoms with Crippen LogP contribution in [0.5, 0.6) is 0 Å². The van der Waals surface area contributed by atoms with Gasteiger partial charge >= 0.3 is 0 Å². The van der Waals surface area contributed by atoms with E-state index in [0.717, 1.165) is 17.4 Å². The minimum Gasteiger partial charge on any atom is -0.326 e. The number of anilines is 1. The molecule has 0 saturated heterocycles. The van der Waals surface area contributed by atoms with Crippen molar-refractivity contribution < 1.29 is 18.0 Å². The Balaban J connectivity index is 1.99. The first-order chi connectivity index (χ1) is 11.7. The molecule has 0 radical (unpaired) electrons. The van der Waals surface area contributed by atoms with E-state index in [-0.39, 0.29) is 29.4 Å². The maximum atomic E-state index is 12.3. The molecule has 1 N–H and O–H groups in total. The molecule has 0 aliphatic carbocycles. The molecule has 0 saturated carbocycles. The van der Waals surface area contributed by atoms with Crippen molar-refractivity contribution in [1.82, 2.24) is 0 Å². The summed E-state index contributed by atoms with van der Waals surface area (Å²) in [5, 5.41) is 2.63. The summed E-state index contributed by atoms with van der Waals surface area (Å²) in [6, 6.07) is 11.7. The van der Waals surface area contributed by atoms with Crippen LogP contribution in [0.3, 0.4) is 0 Å². The number of hydrogen-bond acceptors (Lipinski definition) is 4. The number of Topliss-reactive ketones (excluding diaryl/α,β-unsaturated/α-hetero) is 1. The van der Waals surface area contributed by atoms with Crippen LogP contribution in [0.1, 0.15) is 34.3 Å². The van der Waals surface area contributed by atoms with E-state index < -0.39 is 9.84 Å². The molecule has 0 atom stereocenters. The number of aryl methyl sites for hydroxylation is 2. The molecular formula is C19H21NO4S. The highest BCUT2D eigenvalue weighted by Gasteiger charge is 2.13. The van der Waals surface area contributed by atoms with Gasteiger partial charge in [0.15, 0.2) is 15.6 Å². The predicted octanol–water partition coefficient (Wildman–Crippen LogP) is 3.31. The van der Waals surface area contributed by atoms with Gasteiger partial charge in [-0.2, -0.15) is 0 Å². The standard InChI is InChI=1S/C19H21NO4S/c1-13-7-8-14(2)17(11-13)18(21)9-10-19(22)20-15-5-4-6-16(12-15)25(3,23)24/h4-8,11-12H,9-10H2,1-3H3,(H,20,22). The molecule has 0 unspecified atom stereocenters. The molecule has 1 amide bonds. The Morgan fingerprint density at radius 1 is 1.00 bits per heavy atom. The second-order valence-corrected chi connectivity index (χ2v) is 8.11. The number of hydrogen-bond donors (Lipinski definition) is 1. The molecule has 2 rings (SSSR count). The molecule has 25 heavy (non-hydrogen) atoms. The van der Waals surface area contributed by atoms with Crippen molar-refractivity contribution in [2.75, 3.05) is 11.6 Å². The van der Waals surface area contributed by atoms with Gasteiger partial charge in [-0.05, 0) is 43.7 Å². The number of sulfone groups is 1. The van der Waals surface area contributed by atoms with Crippen molar-refractivity contribution in [1.29, 1.82) is 0 Å². The fourth-order valence-corrected chi connectivity index (χ4v) is 3.09. The van der Waals surface area contributed by atoms with E-state index in [1.54, 1.807) is 12.1 Å². The van der Waals surface area contributed by atoms with Crippen molar-refractivity contribution >= 4 is 27.2 Å². The second-order valence-electron chi connectivity index (χ2n) is 6.09. The van der Waals surface area contributed by atoms with Gasteiger partial charge in [-0.1, -0.05) is 23.8 Å². The largest absolute Gasteiger partial charge is 0.326 e. The van der Waals surface area contributed by atoms with Crippen LogP contribution in [0.4, 0.5) is 5.69 Å². The highest BCUT2D eigenvalue weighted by atomic mass is 32.2. The molecule has 0 fully saturated rings. The lowest BCUT2D eigenvalue weighted by Crippen LogP contribution is -2.14. The van der Waals surface area contributed by atoms with Gasteiger partial charge in [0.1, 0.15) is 0 Å². The van der Waals surface area contributed by atoms with Gasteiger partial charge in [-0.25, -0.2) is 8.42 Å². The molecule has 0 aliphatic rings. The third-order valence-corrected chi connectivity index (χ3v) is 4.93. The minimum atomic E-state index is -3.34. The van der Waals surface area contributed by atoms with E-state index in [9.17, 15) is 18.0 Å². The van der Waals surface area contributed by atoms with E-state index in [2.05, 4.69) is 5.32 Å². The van der Waals surface area contributed by atoms with Gasteiger partial charge in [0.05, 0.1) is 4.90 Å². The van der Waals surface area contributed by atoms with Gasteiger partial charge in [-0.3, -0.25) is 9.59 Å². The van der Waals surface area contributed by atoms with Crippen LogP contribution < -0.4 is 5.32 Å². The summed E-state index contributed by atoms with van der Waals surface area (Å²) in [6.07, 6.45) is 1.24. The van der Waals surface area contributed by atoms with Crippen molar-refractivity contribution in [3.8, 4) is 0 Å². The molecule has 0 aliphatic heterocycles. The zero-order valence-corrected chi connectivity index (χ0v) is 15.3. The van der Waals surface area contributed by atoms with Gasteiger partial charge in [-0.15, -0.1) is 0 Å². The number of nitrogens with one attached hydrogen (secondary N) is 1. The first-order valence-corrected chi connectivity index (χ1v) is 9.76. The van der Waals surface area contributed by atoms with Gasteiger partial charge in [0, 0.05) is 30.3 Å². The van der Waals surface area contributed by atoms with Crippen LogP contribution in [0.25, 0.3) is 0 Å². The molecule has 0 heterocycles. The Morgan fingerprint density at radius 2 is 1.72 bits per heavy atom. The van der Waals surface area contributed by atoms with E-state index in [1.807, 2.05) is 32.0 Å². The number of amides is 1. The average Bonchev–Trinajstić information content (AvgIpc) is 2.54. The molecule has 5 nitrogen and oxygen atoms in total. The predicted molar refractivity (Wildman–Crippen MR) is 97.7 cm³/mol. The third-order valence-electron chi connectivity index (χ3n) is 3.82. The van der Waals surface area contributed by atoms with E-state index in [1.165, 1.54) is 12.1 Å². The molecule has 0 spiro atoms. The van der Waals surface area contributed by atoms with Gasteiger partial charge in [0.25, 0.3) is 0 Å². The van der Waals surface area contributed by atoms with Gasteiger partial charge < -0.3 is 5.32 Å². The zero-order chi connectivity index (χ0) is 18.6. The SMILES string of the molecule is Cc1ccc(C)c(C(=O)CCC(=O)Nc2cccc(S(C)(=O)=O)c2)c1. The normalized spacial score (nSPS) is 11.2. The summed E-state index contributed by atoms with van der Waals surface area (Å²) < 4.78 is 23.1. The Morgan fingerprint density at radius 3 is 2.40 bits per heavy atom. The molecule has 2 aromatic carbocycles. The molecular weight excluding hydrogens is 338 g/mol. The molecule has 2 aromatic rings. The molecule has 6 heteroatoms. The first kappa shape index (κ1) is 18.9. The fourth-order valence-electron chi connectivity index (χ4n) is 2.43. The maximum absolute atomic E-state index is 12.3. The number of rotatable bonds is 6. The average molecular weight is 359 g/mol. The third kappa shape index (κ3) is 5.26. The quantitative estimate of drug-likeness (QED) is 0.803. The van der Waals surface area contributed by atoms with E-state index in [4.69, 9.17) is 0 Å². The number of carbonyl (C=O) groups excluding carboxylic acids is 2. The van der Waals surface area contributed by atoms with Gasteiger partial charge in [0.2, 0.25) is 5.91 Å². The summed E-state index contributed by atoms with van der Waals surface area (Å²) in [5.41, 5.74) is 2.91. The first-order valence-electron chi connectivity index (χ1n) is 7.87. The van der Waals surface area contributed by atoms with Crippen molar-refractivity contribution in [3.63, 3.8) is 0 Å². The van der Waals surface area contributed by atoms with Crippen LogP contribution in [-0.4, -0.2) is 26.4 Å². The van der Waals surface area contributed by atoms with Crippen molar-refractivity contribution in [3.05, 3.63) is 59.2 Å². The topological polar surface area (TPSA) is 80.3 Å². The molecule has 0 bridgehead atoms. The number of ketones is 1. The summed E-state index contributed by atoms with van der Waals surface area (Å²) in [5.74, 6) is -0.412. The van der Waals surface area contributed by atoms with Crippen LogP contribution in [0, 0.1) is 13.8 Å². The lowest BCUT2D eigenvalue weighted by Gasteiger charge is -2.08. The summed E-state index contributed by atoms with van der Waals surface area (Å²) in [7, 11) is -3.34. The Labute approximate surface area is 148 Å². The van der Waals surface area contributed by atoms with Crippen LogP contribution >= 0.6 is 0 Å². The lowest BCUT2D eigenvalue weighted by molar-refractivity contribution is -0.116. The fraction of sp³-hybridized carbons (Fsp3) is 0.263. The Bertz CT molecular complexity index is 917. The summed E-state index contributed by atoms with van der Waals surface area (Å²) in [6.45, 7) is 3.78. The lowest BCUT2D eigenvalue weighted by atomic mass is 9.99. The number of benzene rings is 2. The smallest absolute Gasteiger partial charge is 0.224 e. The Kier molecular flexibility index (Phi) is 5.74. The molecule has 0 aromatic heterocycles. The van der Waals surface area contributed by atoms with Crippen molar-refractivity contribution in [2.45, 2.75) is 31.6 Å². The highest BCUT2D eigenvalue weighted by Crippen LogP contribution is 2.17. The molecule has 132 valence electrons. The van der Waals surface area contributed by atoms with Crippen LogP contribution in [-0.2, 0) is 14.6 Å². The van der Waals surface area contributed by atoms with Crippen molar-refractivity contribution in [2.24, 2.45) is 0 Å². The summed E-state index contributed by atoms with van der Waals surface area (Å²) in [4.78, 5) is 24.5. The Hall–Kier alpha value is -2.47. The monoisotopic (exact) mass is 359 g/mol. The number of carbonyl (C=O) groups is 2. The van der Waals surface area contributed by atoms with E-state index >= 15 is 0 Å². The second kappa shape index (κ2) is 7.61. The maximum Gasteiger partial charge on any atom is 0.224 e. The zero-order valence-electron chi connectivity index (χ0n) is 14.5. The van der Waals surface area contributed by atoms with Crippen LogP contribution in [0.2, 0.25) is 0 Å².